The third-order valence-corrected chi connectivity index (χ3v) is 1.98. The highest BCUT2D eigenvalue weighted by molar-refractivity contribution is 5.92. The molecule has 1 amide bonds. The van der Waals surface area contributed by atoms with E-state index in [0.29, 0.717) is 26.4 Å². The summed E-state index contributed by atoms with van der Waals surface area (Å²) in [5, 5.41) is 2.63. The van der Waals surface area contributed by atoms with Crippen LogP contribution in [0, 0.1) is 0 Å². The van der Waals surface area contributed by atoms with Gasteiger partial charge in [-0.05, 0) is 6.07 Å². The zero-order valence-electron chi connectivity index (χ0n) is 9.69. The number of pyridine rings is 1. The summed E-state index contributed by atoms with van der Waals surface area (Å²) in [6, 6.07) is 4.43. The van der Waals surface area contributed by atoms with Crippen molar-refractivity contribution in [2.45, 2.75) is 0 Å². The molecule has 0 aliphatic carbocycles. The molecule has 6 heteroatoms. The molecule has 1 aromatic rings. The number of hydrogen-bond acceptors (Lipinski definition) is 4. The van der Waals surface area contributed by atoms with Crippen LogP contribution in [0.25, 0.3) is 0 Å². The Balaban J connectivity index is 2.24. The predicted octanol–water partition coefficient (Wildman–Crippen LogP) is -0.232. The fraction of sp³-hybridized carbons (Fsp3) is 0.455. The minimum absolute atomic E-state index is 0.245. The molecule has 0 saturated heterocycles. The van der Waals surface area contributed by atoms with Crippen molar-refractivity contribution in [3.63, 3.8) is 0 Å². The quantitative estimate of drug-likeness (QED) is 0.645. The molecule has 0 aromatic carbocycles. The van der Waals surface area contributed by atoms with Gasteiger partial charge in [-0.1, -0.05) is 6.07 Å². The minimum Gasteiger partial charge on any atom is -0.382 e. The lowest BCUT2D eigenvalue weighted by atomic mass is 10.3. The molecule has 1 rings (SSSR count). The third-order valence-electron chi connectivity index (χ3n) is 1.98. The van der Waals surface area contributed by atoms with Crippen molar-refractivity contribution in [2.75, 3.05) is 33.5 Å². The summed E-state index contributed by atoms with van der Waals surface area (Å²) in [6.07, 6.45) is 0. The largest absolute Gasteiger partial charge is 0.382 e. The smallest absolute Gasteiger partial charge is 0.267 e. The Bertz CT molecular complexity index is 402. The van der Waals surface area contributed by atoms with Gasteiger partial charge in [-0.2, -0.15) is 0 Å². The molecule has 0 aliphatic rings. The highest BCUT2D eigenvalue weighted by Gasteiger charge is 2.04. The Kier molecular flexibility index (Phi) is 5.98. The van der Waals surface area contributed by atoms with Crippen LogP contribution in [0.1, 0.15) is 10.5 Å². The molecule has 1 aromatic heterocycles. The topological polar surface area (TPSA) is 80.4 Å². The first kappa shape index (κ1) is 13.4. The van der Waals surface area contributed by atoms with Crippen molar-refractivity contribution in [1.29, 1.82) is 0 Å². The van der Waals surface area contributed by atoms with Crippen LogP contribution in [0.5, 0.6) is 0 Å². The monoisotopic (exact) mass is 240 g/mol. The Hall–Kier alpha value is -1.66. The molecule has 0 saturated carbocycles. The normalized spacial score (nSPS) is 10.2. The fourth-order valence-corrected chi connectivity index (χ4v) is 1.16. The van der Waals surface area contributed by atoms with E-state index in [-0.39, 0.29) is 17.2 Å². The van der Waals surface area contributed by atoms with E-state index in [1.165, 1.54) is 12.1 Å². The van der Waals surface area contributed by atoms with Gasteiger partial charge in [0.1, 0.15) is 5.69 Å². The summed E-state index contributed by atoms with van der Waals surface area (Å²) in [5.74, 6) is -0.321. The number of aromatic amines is 1. The van der Waals surface area contributed by atoms with Gasteiger partial charge in [0.05, 0.1) is 19.8 Å². The van der Waals surface area contributed by atoms with E-state index in [2.05, 4.69) is 10.3 Å². The number of carbonyl (C=O) groups is 1. The van der Waals surface area contributed by atoms with Crippen LogP contribution < -0.4 is 10.9 Å². The number of carbonyl (C=O) groups excluding carboxylic acids is 1. The number of rotatable bonds is 7. The number of amides is 1. The van der Waals surface area contributed by atoms with E-state index in [1.54, 1.807) is 13.2 Å². The zero-order chi connectivity index (χ0) is 12.5. The van der Waals surface area contributed by atoms with Crippen molar-refractivity contribution < 1.29 is 14.3 Å². The molecule has 0 atom stereocenters. The van der Waals surface area contributed by atoms with E-state index >= 15 is 0 Å². The zero-order valence-corrected chi connectivity index (χ0v) is 9.69. The van der Waals surface area contributed by atoms with Gasteiger partial charge in [-0.3, -0.25) is 9.59 Å². The van der Waals surface area contributed by atoms with Crippen LogP contribution in [0.15, 0.2) is 23.0 Å². The van der Waals surface area contributed by atoms with Crippen molar-refractivity contribution in [3.8, 4) is 0 Å². The second-order valence-electron chi connectivity index (χ2n) is 3.29. The Labute approximate surface area is 98.9 Å². The van der Waals surface area contributed by atoms with Gasteiger partial charge in [0.2, 0.25) is 5.56 Å². The van der Waals surface area contributed by atoms with Gasteiger partial charge in [0, 0.05) is 19.7 Å². The number of methoxy groups -OCH3 is 1. The number of H-pyrrole nitrogens is 1. The maximum Gasteiger partial charge on any atom is 0.267 e. The van der Waals surface area contributed by atoms with Gasteiger partial charge >= 0.3 is 0 Å². The summed E-state index contributed by atoms with van der Waals surface area (Å²) in [5.41, 5.74) is -0.0524. The summed E-state index contributed by atoms with van der Waals surface area (Å²) >= 11 is 0. The first-order valence-corrected chi connectivity index (χ1v) is 5.28. The second kappa shape index (κ2) is 7.59. The van der Waals surface area contributed by atoms with Crippen LogP contribution in [-0.2, 0) is 9.47 Å². The Morgan fingerprint density at radius 2 is 2.18 bits per heavy atom. The van der Waals surface area contributed by atoms with E-state index in [1.807, 2.05) is 0 Å². The minimum atomic E-state index is -0.321. The molecule has 0 bridgehead atoms. The summed E-state index contributed by atoms with van der Waals surface area (Å²) < 4.78 is 9.97. The summed E-state index contributed by atoms with van der Waals surface area (Å²) in [7, 11) is 1.59. The second-order valence-corrected chi connectivity index (χ2v) is 3.29. The summed E-state index contributed by atoms with van der Waals surface area (Å²) in [6.45, 7) is 1.82. The van der Waals surface area contributed by atoms with Crippen LogP contribution in [-0.4, -0.2) is 44.4 Å². The average Bonchev–Trinajstić information content (AvgIpc) is 2.33. The Morgan fingerprint density at radius 3 is 2.88 bits per heavy atom. The van der Waals surface area contributed by atoms with Crippen LogP contribution >= 0.6 is 0 Å². The Morgan fingerprint density at radius 1 is 1.35 bits per heavy atom. The van der Waals surface area contributed by atoms with Crippen molar-refractivity contribution in [3.05, 3.63) is 34.2 Å². The van der Waals surface area contributed by atoms with Gasteiger partial charge in [0.15, 0.2) is 0 Å². The van der Waals surface area contributed by atoms with Crippen LogP contribution in [0.3, 0.4) is 0 Å². The average molecular weight is 240 g/mol. The van der Waals surface area contributed by atoms with E-state index in [0.717, 1.165) is 0 Å². The molecule has 0 spiro atoms. The van der Waals surface area contributed by atoms with Crippen molar-refractivity contribution in [1.82, 2.24) is 10.3 Å². The van der Waals surface area contributed by atoms with Crippen LogP contribution in [0.2, 0.25) is 0 Å². The first-order chi connectivity index (χ1) is 8.24. The lowest BCUT2D eigenvalue weighted by molar-refractivity contribution is 0.0691. The van der Waals surface area contributed by atoms with Gasteiger partial charge in [0.25, 0.3) is 5.91 Å². The maximum atomic E-state index is 11.5. The molecule has 1 heterocycles. The van der Waals surface area contributed by atoms with Crippen molar-refractivity contribution in [2.24, 2.45) is 0 Å². The molecule has 0 aliphatic heterocycles. The molecule has 0 radical (unpaired) electrons. The van der Waals surface area contributed by atoms with E-state index in [4.69, 9.17) is 9.47 Å². The van der Waals surface area contributed by atoms with Crippen LogP contribution in [0.4, 0.5) is 0 Å². The van der Waals surface area contributed by atoms with Gasteiger partial charge in [-0.25, -0.2) is 0 Å². The first-order valence-electron chi connectivity index (χ1n) is 5.28. The number of aromatic nitrogens is 1. The standard InChI is InChI=1S/C11H16N2O4/c1-16-7-8-17-6-5-12-11(15)9-3-2-4-10(14)13-9/h2-4H,5-8H2,1H3,(H,12,15)(H,13,14). The third kappa shape index (κ3) is 5.28. The van der Waals surface area contributed by atoms with Gasteiger partial charge < -0.3 is 19.8 Å². The lowest BCUT2D eigenvalue weighted by Crippen LogP contribution is -2.29. The molecular weight excluding hydrogens is 224 g/mol. The highest BCUT2D eigenvalue weighted by atomic mass is 16.5. The fourth-order valence-electron chi connectivity index (χ4n) is 1.16. The lowest BCUT2D eigenvalue weighted by Gasteiger charge is -2.05. The van der Waals surface area contributed by atoms with Gasteiger partial charge in [-0.15, -0.1) is 0 Å². The molecular formula is C11H16N2O4. The molecule has 0 fully saturated rings. The molecule has 94 valence electrons. The number of nitrogens with one attached hydrogen (secondary N) is 2. The summed E-state index contributed by atoms with van der Waals surface area (Å²) in [4.78, 5) is 24.9. The molecule has 0 unspecified atom stereocenters. The number of hydrogen-bond donors (Lipinski definition) is 2. The SMILES string of the molecule is COCCOCCNC(=O)c1cccc(=O)[nH]1. The predicted molar refractivity (Wildman–Crippen MR) is 62.1 cm³/mol. The van der Waals surface area contributed by atoms with E-state index in [9.17, 15) is 9.59 Å². The maximum absolute atomic E-state index is 11.5. The number of ether oxygens (including phenoxy) is 2. The van der Waals surface area contributed by atoms with Crippen molar-refractivity contribution >= 4 is 5.91 Å². The highest BCUT2D eigenvalue weighted by Crippen LogP contribution is 1.89. The molecule has 17 heavy (non-hydrogen) atoms. The molecule has 2 N–H and O–H groups in total. The molecule has 6 nitrogen and oxygen atoms in total. The van der Waals surface area contributed by atoms with E-state index < -0.39 is 0 Å².